The number of benzene rings is 1. The first-order valence-corrected chi connectivity index (χ1v) is 12.4. The monoisotopic (exact) mass is 520 g/mol. The Bertz CT molecular complexity index is 1250. The van der Waals surface area contributed by atoms with E-state index in [-0.39, 0.29) is 12.1 Å². The summed E-state index contributed by atoms with van der Waals surface area (Å²) >= 11 is 0. The molecule has 0 radical (unpaired) electrons. The largest absolute Gasteiger partial charge is 0.480 e. The van der Waals surface area contributed by atoms with Crippen LogP contribution in [0.15, 0.2) is 48.8 Å². The molecule has 1 fully saturated rings. The third-order valence-electron chi connectivity index (χ3n) is 6.21. The number of hydrogen-bond donors (Lipinski definition) is 5. The van der Waals surface area contributed by atoms with Gasteiger partial charge in [0, 0.05) is 62.9 Å². The number of aromatic carboxylic acids is 1. The van der Waals surface area contributed by atoms with Gasteiger partial charge in [-0.1, -0.05) is 0 Å². The minimum Gasteiger partial charge on any atom is -0.480 e. The normalized spacial score (nSPS) is 14.2. The number of nitrogens with zero attached hydrogens (tertiary/aromatic N) is 5. The Morgan fingerprint density at radius 2 is 1.79 bits per heavy atom. The van der Waals surface area contributed by atoms with Gasteiger partial charge in [-0.3, -0.25) is 14.6 Å². The van der Waals surface area contributed by atoms with Gasteiger partial charge in [0.05, 0.1) is 17.8 Å². The lowest BCUT2D eigenvalue weighted by Crippen LogP contribution is -2.47. The molecule has 0 atom stereocenters. The number of rotatable bonds is 12. The van der Waals surface area contributed by atoms with Crippen LogP contribution in [0.5, 0.6) is 0 Å². The van der Waals surface area contributed by atoms with Crippen molar-refractivity contribution in [2.75, 3.05) is 56.4 Å². The van der Waals surface area contributed by atoms with Crippen LogP contribution in [-0.2, 0) is 11.3 Å². The number of hydrogen-bond acceptors (Lipinski definition) is 10. The molecule has 3 aromatic rings. The Morgan fingerprint density at radius 1 is 1.00 bits per heavy atom. The number of aliphatic carboxylic acids is 1. The Balaban J connectivity index is 1.44. The predicted molar refractivity (Wildman–Crippen MR) is 143 cm³/mol. The van der Waals surface area contributed by atoms with Crippen molar-refractivity contribution in [1.82, 2.24) is 24.8 Å². The Labute approximate surface area is 220 Å². The van der Waals surface area contributed by atoms with Crippen LogP contribution >= 0.6 is 0 Å². The minimum absolute atomic E-state index is 0.0125. The molecule has 2 aromatic heterocycles. The Hall–Kier alpha value is -4.13. The van der Waals surface area contributed by atoms with Crippen LogP contribution in [0.1, 0.15) is 22.3 Å². The standard InChI is InChI=1S/C26H32N8O4/c27-7-1-8-28-23-5-2-18(15-30-23)22-6-9-29-26(32-22)31-20-3-4-21(25(37)38)19(14-20)16-33-10-12-34(13-11-33)17-24(35)36/h2-6,9,14-15H,1,7-8,10-13,16-17,27H2,(H,28,30)(H,35,36)(H,37,38)(H,29,31,32). The number of piperazine rings is 1. The molecule has 4 rings (SSSR count). The average molecular weight is 521 g/mol. The molecule has 0 aliphatic carbocycles. The van der Waals surface area contributed by atoms with Crippen LogP contribution in [0, 0.1) is 0 Å². The van der Waals surface area contributed by atoms with Crippen molar-refractivity contribution in [1.29, 1.82) is 0 Å². The molecule has 0 amide bonds. The molecule has 0 saturated carbocycles. The number of nitrogens with two attached hydrogens (primary N) is 1. The minimum atomic E-state index is -0.997. The molecule has 38 heavy (non-hydrogen) atoms. The molecule has 1 aliphatic rings. The molecule has 200 valence electrons. The number of carbonyl (C=O) groups is 2. The average Bonchev–Trinajstić information content (AvgIpc) is 2.90. The Kier molecular flexibility index (Phi) is 9.14. The predicted octanol–water partition coefficient (Wildman–Crippen LogP) is 1.94. The van der Waals surface area contributed by atoms with E-state index in [1.807, 2.05) is 17.0 Å². The van der Waals surface area contributed by atoms with Crippen LogP contribution in [0.4, 0.5) is 17.5 Å². The molecule has 3 heterocycles. The molecule has 1 aromatic carbocycles. The summed E-state index contributed by atoms with van der Waals surface area (Å²) in [4.78, 5) is 40.2. The summed E-state index contributed by atoms with van der Waals surface area (Å²) in [5.41, 5.74) is 8.62. The second-order valence-electron chi connectivity index (χ2n) is 9.01. The number of pyridine rings is 1. The highest BCUT2D eigenvalue weighted by Crippen LogP contribution is 2.23. The van der Waals surface area contributed by atoms with E-state index in [1.165, 1.54) is 0 Å². The first-order chi connectivity index (χ1) is 18.4. The van der Waals surface area contributed by atoms with Gasteiger partial charge in [0.25, 0.3) is 0 Å². The maximum absolute atomic E-state index is 11.9. The SMILES string of the molecule is NCCCNc1ccc(-c2ccnc(Nc3ccc(C(=O)O)c(CN4CCN(CC(=O)O)CC4)c3)n2)cn1. The smallest absolute Gasteiger partial charge is 0.336 e. The van der Waals surface area contributed by atoms with Gasteiger partial charge in [-0.15, -0.1) is 0 Å². The third-order valence-corrected chi connectivity index (χ3v) is 6.21. The highest BCUT2D eigenvalue weighted by molar-refractivity contribution is 5.90. The van der Waals surface area contributed by atoms with E-state index in [0.717, 1.165) is 24.3 Å². The van der Waals surface area contributed by atoms with Crippen molar-refractivity contribution in [2.45, 2.75) is 13.0 Å². The van der Waals surface area contributed by atoms with E-state index in [9.17, 15) is 14.7 Å². The zero-order valence-electron chi connectivity index (χ0n) is 21.0. The summed E-state index contributed by atoms with van der Waals surface area (Å²) in [6.45, 7) is 4.38. The van der Waals surface area contributed by atoms with E-state index >= 15 is 0 Å². The first-order valence-electron chi connectivity index (χ1n) is 12.4. The number of aromatic nitrogens is 3. The van der Waals surface area contributed by atoms with Gasteiger partial charge in [-0.25, -0.2) is 19.7 Å². The lowest BCUT2D eigenvalue weighted by atomic mass is 10.1. The fourth-order valence-corrected chi connectivity index (χ4v) is 4.23. The molecule has 0 bridgehead atoms. The lowest BCUT2D eigenvalue weighted by molar-refractivity contribution is -0.138. The molecule has 12 heteroatoms. The Morgan fingerprint density at radius 3 is 2.47 bits per heavy atom. The van der Waals surface area contributed by atoms with E-state index in [2.05, 4.69) is 30.5 Å². The maximum Gasteiger partial charge on any atom is 0.336 e. The fourth-order valence-electron chi connectivity index (χ4n) is 4.23. The summed E-state index contributed by atoms with van der Waals surface area (Å²) in [7, 11) is 0. The number of anilines is 3. The topological polar surface area (TPSA) is 170 Å². The highest BCUT2D eigenvalue weighted by Gasteiger charge is 2.21. The van der Waals surface area contributed by atoms with Crippen molar-refractivity contribution in [3.05, 3.63) is 59.9 Å². The molecule has 6 N–H and O–H groups in total. The van der Waals surface area contributed by atoms with Crippen LogP contribution in [0.3, 0.4) is 0 Å². The molecular formula is C26H32N8O4. The highest BCUT2D eigenvalue weighted by atomic mass is 16.4. The van der Waals surface area contributed by atoms with Crippen LogP contribution in [-0.4, -0.2) is 92.7 Å². The van der Waals surface area contributed by atoms with E-state index in [1.54, 1.807) is 36.7 Å². The molecule has 0 unspecified atom stereocenters. The first kappa shape index (κ1) is 26.9. The summed E-state index contributed by atoms with van der Waals surface area (Å²) in [6, 6.07) is 10.7. The summed E-state index contributed by atoms with van der Waals surface area (Å²) in [5, 5.41) is 25.1. The zero-order chi connectivity index (χ0) is 26.9. The van der Waals surface area contributed by atoms with Gasteiger partial charge >= 0.3 is 11.9 Å². The molecule has 1 aliphatic heterocycles. The van der Waals surface area contributed by atoms with E-state index < -0.39 is 11.9 Å². The number of carboxylic acids is 2. The van der Waals surface area contributed by atoms with Crippen molar-refractivity contribution in [2.24, 2.45) is 5.73 Å². The second kappa shape index (κ2) is 12.9. The van der Waals surface area contributed by atoms with Crippen molar-refractivity contribution in [3.63, 3.8) is 0 Å². The van der Waals surface area contributed by atoms with Gasteiger partial charge in [-0.2, -0.15) is 0 Å². The van der Waals surface area contributed by atoms with Crippen LogP contribution in [0.25, 0.3) is 11.3 Å². The molecule has 12 nitrogen and oxygen atoms in total. The van der Waals surface area contributed by atoms with Crippen molar-refractivity contribution < 1.29 is 19.8 Å². The third kappa shape index (κ3) is 7.44. The van der Waals surface area contributed by atoms with Gasteiger partial charge in [0.15, 0.2) is 0 Å². The van der Waals surface area contributed by atoms with Crippen molar-refractivity contribution >= 4 is 29.4 Å². The molecule has 1 saturated heterocycles. The summed E-state index contributed by atoms with van der Waals surface area (Å²) in [5.74, 6) is -0.698. The fraction of sp³-hybridized carbons (Fsp3) is 0.346. The van der Waals surface area contributed by atoms with Gasteiger partial charge in [-0.05, 0) is 54.9 Å². The maximum atomic E-state index is 11.9. The number of carboxylic acid groups (broad SMARTS) is 2. The van der Waals surface area contributed by atoms with Crippen molar-refractivity contribution in [3.8, 4) is 11.3 Å². The van der Waals surface area contributed by atoms with Gasteiger partial charge < -0.3 is 26.6 Å². The van der Waals surface area contributed by atoms with Crippen LogP contribution < -0.4 is 16.4 Å². The van der Waals surface area contributed by atoms with Crippen LogP contribution in [0.2, 0.25) is 0 Å². The molecule has 0 spiro atoms. The quantitative estimate of drug-likeness (QED) is 0.220. The van der Waals surface area contributed by atoms with E-state index in [4.69, 9.17) is 10.8 Å². The number of nitrogens with one attached hydrogen (secondary N) is 2. The second-order valence-corrected chi connectivity index (χ2v) is 9.01. The summed E-state index contributed by atoms with van der Waals surface area (Å²) < 4.78 is 0. The van der Waals surface area contributed by atoms with E-state index in [0.29, 0.717) is 62.2 Å². The van der Waals surface area contributed by atoms with Gasteiger partial charge in [0.2, 0.25) is 5.95 Å². The zero-order valence-corrected chi connectivity index (χ0v) is 21.0. The van der Waals surface area contributed by atoms with Gasteiger partial charge in [0.1, 0.15) is 5.82 Å². The molecular weight excluding hydrogens is 488 g/mol. The lowest BCUT2D eigenvalue weighted by Gasteiger charge is -2.34. The summed E-state index contributed by atoms with van der Waals surface area (Å²) in [6.07, 6.45) is 4.26.